The Balaban J connectivity index is 1.28. The van der Waals surface area contributed by atoms with Crippen LogP contribution >= 0.6 is 0 Å². The number of hydrogen-bond donors (Lipinski definition) is 1. The molecule has 1 amide bonds. The number of aryl methyl sites for hydroxylation is 2. The Hall–Kier alpha value is -3.69. The summed E-state index contributed by atoms with van der Waals surface area (Å²) in [6, 6.07) is 18.3. The molecule has 0 radical (unpaired) electrons. The summed E-state index contributed by atoms with van der Waals surface area (Å²) in [5, 5.41) is 4.92. The average molecular weight is 534 g/mol. The van der Waals surface area contributed by atoms with Crippen molar-refractivity contribution in [2.24, 2.45) is 0 Å². The number of aromatic nitrogens is 1. The summed E-state index contributed by atoms with van der Waals surface area (Å²) in [5.74, 6) is -1.23. The monoisotopic (exact) mass is 533 g/mol. The third kappa shape index (κ3) is 4.91. The number of amides is 1. The fourth-order valence-electron chi connectivity index (χ4n) is 5.13. The fourth-order valence-corrected chi connectivity index (χ4v) is 6.90. The third-order valence-electron chi connectivity index (χ3n) is 7.06. The topological polar surface area (TPSA) is 97.7 Å². The largest absolute Gasteiger partial charge is 0.452 e. The van der Waals surface area contributed by atoms with Crippen molar-refractivity contribution in [3.8, 4) is 0 Å². The first kappa shape index (κ1) is 25.9. The molecule has 1 aromatic heterocycles. The van der Waals surface area contributed by atoms with E-state index in [-0.39, 0.29) is 10.5 Å². The van der Waals surface area contributed by atoms with Crippen LogP contribution in [0.5, 0.6) is 0 Å². The van der Waals surface area contributed by atoms with E-state index in [2.05, 4.69) is 28.9 Å². The van der Waals surface area contributed by atoms with Gasteiger partial charge in [0.25, 0.3) is 5.91 Å². The summed E-state index contributed by atoms with van der Waals surface area (Å²) < 4.78 is 35.2. The molecular formula is C29H31N3O5S. The van der Waals surface area contributed by atoms with E-state index in [0.29, 0.717) is 24.3 Å². The van der Waals surface area contributed by atoms with E-state index in [1.807, 2.05) is 30.3 Å². The van der Waals surface area contributed by atoms with Crippen LogP contribution in [0.15, 0.2) is 65.6 Å². The van der Waals surface area contributed by atoms with Crippen molar-refractivity contribution in [3.05, 3.63) is 71.8 Å². The summed E-state index contributed by atoms with van der Waals surface area (Å²) in [5.41, 5.74) is 3.45. The summed E-state index contributed by atoms with van der Waals surface area (Å²) in [6.45, 7) is 5.08. The minimum atomic E-state index is -3.71. The molecule has 1 saturated heterocycles. The number of benzene rings is 3. The lowest BCUT2D eigenvalue weighted by Gasteiger charge is -2.26. The van der Waals surface area contributed by atoms with Crippen molar-refractivity contribution in [1.29, 1.82) is 0 Å². The molecule has 1 aliphatic heterocycles. The van der Waals surface area contributed by atoms with E-state index < -0.39 is 28.5 Å². The van der Waals surface area contributed by atoms with E-state index in [1.54, 1.807) is 13.0 Å². The van der Waals surface area contributed by atoms with Gasteiger partial charge in [-0.05, 0) is 68.7 Å². The van der Waals surface area contributed by atoms with E-state index in [1.165, 1.54) is 16.4 Å². The van der Waals surface area contributed by atoms with Gasteiger partial charge in [-0.2, -0.15) is 4.31 Å². The Morgan fingerprint density at radius 2 is 1.66 bits per heavy atom. The van der Waals surface area contributed by atoms with Gasteiger partial charge in [0.2, 0.25) is 10.0 Å². The highest BCUT2D eigenvalue weighted by molar-refractivity contribution is 7.89. The second kappa shape index (κ2) is 10.6. The van der Waals surface area contributed by atoms with Crippen LogP contribution < -0.4 is 5.32 Å². The molecule has 0 bridgehead atoms. The molecule has 1 N–H and O–H groups in total. The van der Waals surface area contributed by atoms with Gasteiger partial charge in [0.15, 0.2) is 6.61 Å². The molecule has 0 spiro atoms. The van der Waals surface area contributed by atoms with Crippen molar-refractivity contribution in [2.75, 3.05) is 25.0 Å². The lowest BCUT2D eigenvalue weighted by atomic mass is 10.1. The molecule has 38 heavy (non-hydrogen) atoms. The van der Waals surface area contributed by atoms with Gasteiger partial charge in [-0.25, -0.2) is 13.2 Å². The second-order valence-electron chi connectivity index (χ2n) is 9.56. The number of esters is 1. The van der Waals surface area contributed by atoms with Crippen LogP contribution in [0.1, 0.15) is 42.1 Å². The maximum atomic E-state index is 13.2. The molecule has 0 aliphatic carbocycles. The fraction of sp³-hybridized carbons (Fsp3) is 0.310. The normalized spacial score (nSPS) is 14.6. The summed E-state index contributed by atoms with van der Waals surface area (Å²) in [4.78, 5) is 25.4. The highest BCUT2D eigenvalue weighted by Gasteiger charge is 2.28. The first-order chi connectivity index (χ1) is 18.3. The van der Waals surface area contributed by atoms with Crippen LogP contribution in [0.3, 0.4) is 0 Å². The third-order valence-corrected chi connectivity index (χ3v) is 9.10. The Labute approximate surface area is 222 Å². The van der Waals surface area contributed by atoms with Crippen molar-refractivity contribution in [3.63, 3.8) is 0 Å². The number of rotatable bonds is 7. The maximum absolute atomic E-state index is 13.2. The smallest absolute Gasteiger partial charge is 0.338 e. The number of hydrogen-bond acceptors (Lipinski definition) is 5. The molecule has 2 heterocycles. The van der Waals surface area contributed by atoms with Crippen LogP contribution in [-0.4, -0.2) is 48.9 Å². The highest BCUT2D eigenvalue weighted by Crippen LogP contribution is 2.31. The highest BCUT2D eigenvalue weighted by atomic mass is 32.2. The number of nitrogens with one attached hydrogen (secondary N) is 1. The van der Waals surface area contributed by atoms with Crippen LogP contribution in [0.2, 0.25) is 0 Å². The van der Waals surface area contributed by atoms with Gasteiger partial charge in [-0.15, -0.1) is 0 Å². The quantitative estimate of drug-likeness (QED) is 0.334. The number of ether oxygens (including phenoxy) is 1. The molecule has 1 aliphatic rings. The number of sulfonamides is 1. The number of para-hydroxylation sites is 1. The van der Waals surface area contributed by atoms with Gasteiger partial charge in [0.05, 0.1) is 10.5 Å². The number of carbonyl (C=O) groups is 2. The first-order valence-electron chi connectivity index (χ1n) is 12.9. The number of anilines is 1. The molecule has 4 aromatic rings. The summed E-state index contributed by atoms with van der Waals surface area (Å²) in [7, 11) is -3.71. The second-order valence-corrected chi connectivity index (χ2v) is 11.5. The van der Waals surface area contributed by atoms with E-state index >= 15 is 0 Å². The summed E-state index contributed by atoms with van der Waals surface area (Å²) in [6.07, 6.45) is 2.65. The number of nitrogens with zero attached hydrogens (tertiary/aromatic N) is 2. The molecule has 3 aromatic carbocycles. The molecule has 5 rings (SSSR count). The number of piperidine rings is 1. The summed E-state index contributed by atoms with van der Waals surface area (Å²) >= 11 is 0. The zero-order valence-corrected chi connectivity index (χ0v) is 22.4. The van der Waals surface area contributed by atoms with Gasteiger partial charge >= 0.3 is 5.97 Å². The average Bonchev–Trinajstić information content (AvgIpc) is 3.25. The Bertz CT molecular complexity index is 1640. The molecule has 198 valence electrons. The molecule has 0 saturated carbocycles. The SMILES string of the molecule is CCn1c2ccccc2c2cc(NC(=O)COC(=O)c3ccc(C)c(S(=O)(=O)N4CCCCC4)c3)ccc21. The zero-order chi connectivity index (χ0) is 26.9. The van der Waals surface area contributed by atoms with Gasteiger partial charge < -0.3 is 14.6 Å². The number of carbonyl (C=O) groups excluding carboxylic acids is 2. The van der Waals surface area contributed by atoms with E-state index in [4.69, 9.17) is 4.74 Å². The van der Waals surface area contributed by atoms with E-state index in [0.717, 1.165) is 47.6 Å². The van der Waals surface area contributed by atoms with Crippen LogP contribution in [-0.2, 0) is 26.1 Å². The lowest BCUT2D eigenvalue weighted by molar-refractivity contribution is -0.119. The van der Waals surface area contributed by atoms with Crippen molar-refractivity contribution >= 4 is 49.4 Å². The minimum Gasteiger partial charge on any atom is -0.452 e. The molecule has 9 heteroatoms. The van der Waals surface area contributed by atoms with Crippen LogP contribution in [0.4, 0.5) is 5.69 Å². The maximum Gasteiger partial charge on any atom is 0.338 e. The van der Waals surface area contributed by atoms with Crippen LogP contribution in [0, 0.1) is 6.92 Å². The molecule has 1 fully saturated rings. The Morgan fingerprint density at radius 3 is 2.42 bits per heavy atom. The molecule has 0 atom stereocenters. The Morgan fingerprint density at radius 1 is 0.921 bits per heavy atom. The minimum absolute atomic E-state index is 0.0905. The molecule has 0 unspecified atom stereocenters. The Kier molecular flexibility index (Phi) is 7.23. The van der Waals surface area contributed by atoms with E-state index in [9.17, 15) is 18.0 Å². The molecule has 8 nitrogen and oxygen atoms in total. The molecular weight excluding hydrogens is 502 g/mol. The zero-order valence-electron chi connectivity index (χ0n) is 21.6. The number of fused-ring (bicyclic) bond motifs is 3. The van der Waals surface area contributed by atoms with Crippen molar-refractivity contribution < 1.29 is 22.7 Å². The van der Waals surface area contributed by atoms with Gasteiger partial charge in [-0.3, -0.25) is 4.79 Å². The standard InChI is InChI=1S/C29H31N3O5S/c1-3-32-25-10-6-5-9-23(25)24-18-22(13-14-26(24)32)30-28(33)19-37-29(34)21-12-11-20(2)27(17-21)38(35,36)31-15-7-4-8-16-31/h5-6,9-14,17-18H,3-4,7-8,15-16,19H2,1-2H3,(H,30,33). The van der Waals surface area contributed by atoms with Gasteiger partial charge in [-0.1, -0.05) is 30.7 Å². The van der Waals surface area contributed by atoms with Crippen molar-refractivity contribution in [1.82, 2.24) is 8.87 Å². The predicted molar refractivity (Wildman–Crippen MR) is 148 cm³/mol. The van der Waals surface area contributed by atoms with Crippen LogP contribution in [0.25, 0.3) is 21.8 Å². The van der Waals surface area contributed by atoms with Gasteiger partial charge in [0, 0.05) is 47.1 Å². The van der Waals surface area contributed by atoms with Gasteiger partial charge in [0.1, 0.15) is 0 Å². The first-order valence-corrected chi connectivity index (χ1v) is 14.3. The lowest BCUT2D eigenvalue weighted by Crippen LogP contribution is -2.36. The van der Waals surface area contributed by atoms with Crippen molar-refractivity contribution in [2.45, 2.75) is 44.6 Å². The predicted octanol–water partition coefficient (Wildman–Crippen LogP) is 5.09.